The lowest BCUT2D eigenvalue weighted by Crippen LogP contribution is -2.46. The third-order valence-corrected chi connectivity index (χ3v) is 3.47. The molecule has 0 spiro atoms. The average Bonchev–Trinajstić information content (AvgIpc) is 2.41. The molecule has 1 fully saturated rings. The number of para-hydroxylation sites is 1. The highest BCUT2D eigenvalue weighted by Crippen LogP contribution is 2.31. The summed E-state index contributed by atoms with van der Waals surface area (Å²) in [5.74, 6) is 0.763. The van der Waals surface area contributed by atoms with Gasteiger partial charge in [-0.05, 0) is 18.6 Å². The van der Waals surface area contributed by atoms with Crippen molar-refractivity contribution in [3.05, 3.63) is 30.3 Å². The zero-order valence-corrected chi connectivity index (χ0v) is 11.4. The second-order valence-corrected chi connectivity index (χ2v) is 5.14. The van der Waals surface area contributed by atoms with Crippen LogP contribution in [-0.2, 0) is 9.47 Å². The number of hydrogen-bond donors (Lipinski definition) is 1. The van der Waals surface area contributed by atoms with Crippen LogP contribution in [0.1, 0.15) is 13.3 Å². The Morgan fingerprint density at radius 3 is 2.58 bits per heavy atom. The van der Waals surface area contributed by atoms with Gasteiger partial charge in [-0.25, -0.2) is 0 Å². The number of hydrogen-bond acceptors (Lipinski definition) is 4. The molecule has 1 heterocycles. The van der Waals surface area contributed by atoms with Crippen LogP contribution < -0.4 is 4.74 Å². The molecular weight excluding hydrogens is 244 g/mol. The summed E-state index contributed by atoms with van der Waals surface area (Å²) >= 11 is 0. The maximum atomic E-state index is 9.79. The van der Waals surface area contributed by atoms with Gasteiger partial charge in [0, 0.05) is 5.41 Å². The molecule has 4 heteroatoms. The number of aliphatic hydroxyl groups is 1. The summed E-state index contributed by atoms with van der Waals surface area (Å²) < 4.78 is 16.3. The number of ether oxygens (including phenoxy) is 3. The smallest absolute Gasteiger partial charge is 0.119 e. The van der Waals surface area contributed by atoms with Gasteiger partial charge in [0.25, 0.3) is 0 Å². The molecular formula is C15H22O4. The summed E-state index contributed by atoms with van der Waals surface area (Å²) in [6, 6.07) is 9.47. The Morgan fingerprint density at radius 1 is 1.26 bits per heavy atom. The van der Waals surface area contributed by atoms with E-state index < -0.39 is 6.10 Å². The highest BCUT2D eigenvalue weighted by Gasteiger charge is 2.37. The van der Waals surface area contributed by atoms with Crippen LogP contribution in [0, 0.1) is 5.41 Å². The molecule has 1 atom stereocenters. The van der Waals surface area contributed by atoms with Crippen molar-refractivity contribution in [2.45, 2.75) is 19.4 Å². The lowest BCUT2D eigenvalue weighted by atomic mass is 9.84. The van der Waals surface area contributed by atoms with Crippen molar-refractivity contribution < 1.29 is 19.3 Å². The molecule has 0 saturated carbocycles. The van der Waals surface area contributed by atoms with Crippen molar-refractivity contribution in [1.82, 2.24) is 0 Å². The first-order valence-electron chi connectivity index (χ1n) is 6.75. The number of aliphatic hydroxyl groups excluding tert-OH is 1. The van der Waals surface area contributed by atoms with E-state index in [9.17, 15) is 5.11 Å². The summed E-state index contributed by atoms with van der Waals surface area (Å²) in [6.45, 7) is 4.86. The van der Waals surface area contributed by atoms with Crippen LogP contribution in [0.25, 0.3) is 0 Å². The molecule has 0 radical (unpaired) electrons. The van der Waals surface area contributed by atoms with Gasteiger partial charge in [-0.3, -0.25) is 0 Å². The van der Waals surface area contributed by atoms with E-state index in [4.69, 9.17) is 14.2 Å². The zero-order chi connectivity index (χ0) is 13.6. The van der Waals surface area contributed by atoms with Crippen molar-refractivity contribution in [3.8, 4) is 5.75 Å². The SMILES string of the molecule is CCC1(COCC(O)COc2ccccc2)COC1. The van der Waals surface area contributed by atoms with E-state index in [0.717, 1.165) is 25.4 Å². The van der Waals surface area contributed by atoms with Crippen LogP contribution in [0.3, 0.4) is 0 Å². The molecule has 1 N–H and O–H groups in total. The first-order valence-corrected chi connectivity index (χ1v) is 6.75. The average molecular weight is 266 g/mol. The Kier molecular flexibility index (Phi) is 5.19. The fraction of sp³-hybridized carbons (Fsp3) is 0.600. The van der Waals surface area contributed by atoms with Gasteiger partial charge in [-0.2, -0.15) is 0 Å². The molecule has 1 aliphatic heterocycles. The Morgan fingerprint density at radius 2 is 2.00 bits per heavy atom. The minimum Gasteiger partial charge on any atom is -0.491 e. The topological polar surface area (TPSA) is 47.9 Å². The van der Waals surface area contributed by atoms with Crippen molar-refractivity contribution in [1.29, 1.82) is 0 Å². The molecule has 1 aromatic carbocycles. The van der Waals surface area contributed by atoms with Gasteiger partial charge >= 0.3 is 0 Å². The normalized spacial score (nSPS) is 18.6. The number of benzene rings is 1. The molecule has 1 unspecified atom stereocenters. The second kappa shape index (κ2) is 6.89. The molecule has 4 nitrogen and oxygen atoms in total. The van der Waals surface area contributed by atoms with Crippen molar-refractivity contribution in [2.75, 3.05) is 33.0 Å². The van der Waals surface area contributed by atoms with Crippen LogP contribution >= 0.6 is 0 Å². The van der Waals surface area contributed by atoms with Crippen LogP contribution in [0.2, 0.25) is 0 Å². The molecule has 2 rings (SSSR count). The molecule has 0 amide bonds. The molecule has 1 saturated heterocycles. The van der Waals surface area contributed by atoms with Crippen LogP contribution in [0.15, 0.2) is 30.3 Å². The largest absolute Gasteiger partial charge is 0.491 e. The van der Waals surface area contributed by atoms with Crippen LogP contribution in [-0.4, -0.2) is 44.2 Å². The fourth-order valence-corrected chi connectivity index (χ4v) is 1.95. The summed E-state index contributed by atoms with van der Waals surface area (Å²) in [4.78, 5) is 0. The summed E-state index contributed by atoms with van der Waals surface area (Å²) in [6.07, 6.45) is 0.443. The van der Waals surface area contributed by atoms with Gasteiger partial charge in [0.2, 0.25) is 0 Å². The van der Waals surface area contributed by atoms with Gasteiger partial charge in [-0.1, -0.05) is 25.1 Å². The summed E-state index contributed by atoms with van der Waals surface area (Å²) in [5.41, 5.74) is 0.167. The molecule has 19 heavy (non-hydrogen) atoms. The first kappa shape index (κ1) is 14.3. The van der Waals surface area contributed by atoms with Gasteiger partial charge in [-0.15, -0.1) is 0 Å². The van der Waals surface area contributed by atoms with Gasteiger partial charge in [0.05, 0.1) is 26.4 Å². The molecule has 0 aromatic heterocycles. The van der Waals surface area contributed by atoms with Crippen LogP contribution in [0.4, 0.5) is 0 Å². The molecule has 1 aliphatic rings. The number of rotatable bonds is 8. The van der Waals surface area contributed by atoms with E-state index in [2.05, 4.69) is 6.92 Å². The van der Waals surface area contributed by atoms with Crippen molar-refractivity contribution in [3.63, 3.8) is 0 Å². The minimum absolute atomic E-state index is 0.167. The monoisotopic (exact) mass is 266 g/mol. The maximum absolute atomic E-state index is 9.79. The standard InChI is InChI=1S/C15H22O4/c1-2-15(11-18-12-15)10-17-8-13(16)9-19-14-6-4-3-5-7-14/h3-7,13,16H,2,8-12H2,1H3. The lowest BCUT2D eigenvalue weighted by Gasteiger charge is -2.40. The predicted molar refractivity (Wildman–Crippen MR) is 72.3 cm³/mol. The molecule has 106 valence electrons. The van der Waals surface area contributed by atoms with Gasteiger partial charge in [0.15, 0.2) is 0 Å². The Labute approximate surface area is 114 Å². The van der Waals surface area contributed by atoms with E-state index in [-0.39, 0.29) is 12.0 Å². The van der Waals surface area contributed by atoms with Crippen LogP contribution in [0.5, 0.6) is 5.75 Å². The Balaban J connectivity index is 1.61. The predicted octanol–water partition coefficient (Wildman–Crippen LogP) is 1.87. The maximum Gasteiger partial charge on any atom is 0.119 e. The first-order chi connectivity index (χ1) is 9.24. The third-order valence-electron chi connectivity index (χ3n) is 3.47. The van der Waals surface area contributed by atoms with Crippen molar-refractivity contribution in [2.24, 2.45) is 5.41 Å². The minimum atomic E-state index is -0.602. The zero-order valence-electron chi connectivity index (χ0n) is 11.4. The third kappa shape index (κ3) is 4.20. The summed E-state index contributed by atoms with van der Waals surface area (Å²) in [5, 5.41) is 9.79. The van der Waals surface area contributed by atoms with Gasteiger partial charge < -0.3 is 19.3 Å². The molecule has 1 aromatic rings. The van der Waals surface area contributed by atoms with E-state index >= 15 is 0 Å². The quantitative estimate of drug-likeness (QED) is 0.780. The highest BCUT2D eigenvalue weighted by atomic mass is 16.5. The van der Waals surface area contributed by atoms with Gasteiger partial charge in [0.1, 0.15) is 18.5 Å². The highest BCUT2D eigenvalue weighted by molar-refractivity contribution is 5.20. The van der Waals surface area contributed by atoms with E-state index in [0.29, 0.717) is 13.2 Å². The summed E-state index contributed by atoms with van der Waals surface area (Å²) in [7, 11) is 0. The van der Waals surface area contributed by atoms with E-state index in [1.807, 2.05) is 30.3 Å². The Hall–Kier alpha value is -1.10. The fourth-order valence-electron chi connectivity index (χ4n) is 1.95. The lowest BCUT2D eigenvalue weighted by molar-refractivity contribution is -0.156. The second-order valence-electron chi connectivity index (χ2n) is 5.14. The molecule has 0 bridgehead atoms. The van der Waals surface area contributed by atoms with E-state index in [1.165, 1.54) is 0 Å². The van der Waals surface area contributed by atoms with E-state index in [1.54, 1.807) is 0 Å². The molecule has 0 aliphatic carbocycles. The van der Waals surface area contributed by atoms with Crippen molar-refractivity contribution >= 4 is 0 Å². The Bertz CT molecular complexity index is 356.